The lowest BCUT2D eigenvalue weighted by Crippen LogP contribution is -2.25. The van der Waals surface area contributed by atoms with Crippen LogP contribution in [0.1, 0.15) is 31.7 Å². The molecule has 1 N–H and O–H groups in total. The SMILES string of the molecule is CCCn1cc(CNC[C@@H]2CCCO2)c2ccccc21. The van der Waals surface area contributed by atoms with Crippen molar-refractivity contribution in [1.29, 1.82) is 0 Å². The van der Waals surface area contributed by atoms with Crippen molar-refractivity contribution in [2.75, 3.05) is 13.2 Å². The maximum Gasteiger partial charge on any atom is 0.0700 e. The van der Waals surface area contributed by atoms with Crippen molar-refractivity contribution in [2.24, 2.45) is 0 Å². The van der Waals surface area contributed by atoms with Gasteiger partial charge in [0, 0.05) is 43.3 Å². The molecule has 3 rings (SSSR count). The Kier molecular flexibility index (Phi) is 4.38. The Hall–Kier alpha value is -1.32. The Morgan fingerprint density at radius 1 is 1.35 bits per heavy atom. The Balaban J connectivity index is 1.70. The Bertz CT molecular complexity index is 555. The molecular formula is C17H24N2O. The zero-order chi connectivity index (χ0) is 13.8. The number of benzene rings is 1. The number of rotatable bonds is 6. The van der Waals surface area contributed by atoms with Gasteiger partial charge in [-0.15, -0.1) is 0 Å². The van der Waals surface area contributed by atoms with Gasteiger partial charge >= 0.3 is 0 Å². The van der Waals surface area contributed by atoms with Gasteiger partial charge < -0.3 is 14.6 Å². The van der Waals surface area contributed by atoms with Gasteiger partial charge in [-0.25, -0.2) is 0 Å². The second kappa shape index (κ2) is 6.42. The number of nitrogens with zero attached hydrogens (tertiary/aromatic N) is 1. The largest absolute Gasteiger partial charge is 0.377 e. The summed E-state index contributed by atoms with van der Waals surface area (Å²) in [6.07, 6.45) is 6.30. The van der Waals surface area contributed by atoms with Gasteiger partial charge in [-0.05, 0) is 30.9 Å². The summed E-state index contributed by atoms with van der Waals surface area (Å²) in [5.74, 6) is 0. The fourth-order valence-corrected chi connectivity index (χ4v) is 3.06. The molecule has 108 valence electrons. The summed E-state index contributed by atoms with van der Waals surface area (Å²) in [7, 11) is 0. The molecule has 1 aromatic carbocycles. The summed E-state index contributed by atoms with van der Waals surface area (Å²) in [6, 6.07) is 8.69. The summed E-state index contributed by atoms with van der Waals surface area (Å²) >= 11 is 0. The summed E-state index contributed by atoms with van der Waals surface area (Å²) < 4.78 is 8.03. The number of nitrogens with one attached hydrogen (secondary N) is 1. The van der Waals surface area contributed by atoms with Crippen LogP contribution in [0.25, 0.3) is 10.9 Å². The monoisotopic (exact) mass is 272 g/mol. The van der Waals surface area contributed by atoms with E-state index < -0.39 is 0 Å². The van der Waals surface area contributed by atoms with Gasteiger partial charge in [0.05, 0.1) is 6.10 Å². The predicted molar refractivity (Wildman–Crippen MR) is 82.9 cm³/mol. The second-order valence-electron chi connectivity index (χ2n) is 5.63. The number of ether oxygens (including phenoxy) is 1. The van der Waals surface area contributed by atoms with Gasteiger partial charge in [-0.1, -0.05) is 25.1 Å². The van der Waals surface area contributed by atoms with Gasteiger partial charge in [0.2, 0.25) is 0 Å². The van der Waals surface area contributed by atoms with Gasteiger partial charge in [0.25, 0.3) is 0 Å². The zero-order valence-electron chi connectivity index (χ0n) is 12.3. The van der Waals surface area contributed by atoms with Crippen molar-refractivity contribution in [3.63, 3.8) is 0 Å². The lowest BCUT2D eigenvalue weighted by molar-refractivity contribution is 0.110. The molecule has 1 aromatic heterocycles. The summed E-state index contributed by atoms with van der Waals surface area (Å²) in [4.78, 5) is 0. The van der Waals surface area contributed by atoms with Gasteiger partial charge in [-0.3, -0.25) is 0 Å². The highest BCUT2D eigenvalue weighted by atomic mass is 16.5. The molecule has 0 saturated carbocycles. The van der Waals surface area contributed by atoms with Crippen molar-refractivity contribution >= 4 is 10.9 Å². The fraction of sp³-hybridized carbons (Fsp3) is 0.529. The van der Waals surface area contributed by atoms with E-state index in [4.69, 9.17) is 4.74 Å². The number of aryl methyl sites for hydroxylation is 1. The molecule has 3 nitrogen and oxygen atoms in total. The molecule has 1 aliphatic rings. The average Bonchev–Trinajstić information content (AvgIpc) is 3.09. The number of fused-ring (bicyclic) bond motifs is 1. The van der Waals surface area contributed by atoms with Crippen LogP contribution >= 0.6 is 0 Å². The van der Waals surface area contributed by atoms with Gasteiger partial charge in [0.15, 0.2) is 0 Å². The molecule has 0 spiro atoms. The Labute approximate surface area is 120 Å². The van der Waals surface area contributed by atoms with Crippen LogP contribution < -0.4 is 5.32 Å². The molecule has 0 radical (unpaired) electrons. The number of aromatic nitrogens is 1. The summed E-state index contributed by atoms with van der Waals surface area (Å²) in [5, 5.41) is 4.93. The van der Waals surface area contributed by atoms with E-state index in [-0.39, 0.29) is 0 Å². The number of hydrogen-bond donors (Lipinski definition) is 1. The smallest absolute Gasteiger partial charge is 0.0700 e. The van der Waals surface area contributed by atoms with Crippen molar-refractivity contribution in [3.05, 3.63) is 36.0 Å². The van der Waals surface area contributed by atoms with Crippen molar-refractivity contribution in [3.8, 4) is 0 Å². The number of para-hydroxylation sites is 1. The molecule has 20 heavy (non-hydrogen) atoms. The third-order valence-corrected chi connectivity index (χ3v) is 4.05. The van der Waals surface area contributed by atoms with Crippen molar-refractivity contribution < 1.29 is 4.74 Å². The van der Waals surface area contributed by atoms with Crippen LogP contribution in [0.3, 0.4) is 0 Å². The molecule has 0 aliphatic carbocycles. The van der Waals surface area contributed by atoms with Crippen LogP contribution in [0, 0.1) is 0 Å². The van der Waals surface area contributed by atoms with E-state index in [1.807, 2.05) is 0 Å². The minimum atomic E-state index is 0.416. The molecule has 0 bridgehead atoms. The highest BCUT2D eigenvalue weighted by Crippen LogP contribution is 2.21. The van der Waals surface area contributed by atoms with Gasteiger partial charge in [-0.2, -0.15) is 0 Å². The fourth-order valence-electron chi connectivity index (χ4n) is 3.06. The highest BCUT2D eigenvalue weighted by molar-refractivity contribution is 5.83. The lowest BCUT2D eigenvalue weighted by Gasteiger charge is -2.10. The second-order valence-corrected chi connectivity index (χ2v) is 5.63. The number of hydrogen-bond acceptors (Lipinski definition) is 2. The topological polar surface area (TPSA) is 26.2 Å². The van der Waals surface area contributed by atoms with Crippen LogP contribution in [0.4, 0.5) is 0 Å². The first-order chi connectivity index (χ1) is 9.88. The van der Waals surface area contributed by atoms with E-state index in [9.17, 15) is 0 Å². The van der Waals surface area contributed by atoms with E-state index >= 15 is 0 Å². The van der Waals surface area contributed by atoms with Crippen LogP contribution in [-0.2, 0) is 17.8 Å². The maximum absolute atomic E-state index is 5.65. The van der Waals surface area contributed by atoms with Crippen LogP contribution in [-0.4, -0.2) is 23.8 Å². The average molecular weight is 272 g/mol. The molecule has 0 unspecified atom stereocenters. The molecule has 1 aliphatic heterocycles. The molecular weight excluding hydrogens is 248 g/mol. The van der Waals surface area contributed by atoms with E-state index in [2.05, 4.69) is 47.3 Å². The molecule has 0 amide bonds. The first-order valence-corrected chi connectivity index (χ1v) is 7.77. The summed E-state index contributed by atoms with van der Waals surface area (Å²) in [5.41, 5.74) is 2.75. The molecule has 2 aromatic rings. The van der Waals surface area contributed by atoms with Gasteiger partial charge in [0.1, 0.15) is 0 Å². The van der Waals surface area contributed by atoms with Crippen LogP contribution in [0.2, 0.25) is 0 Å². The zero-order valence-corrected chi connectivity index (χ0v) is 12.3. The minimum Gasteiger partial charge on any atom is -0.377 e. The van der Waals surface area contributed by atoms with Crippen molar-refractivity contribution in [1.82, 2.24) is 9.88 Å². The van der Waals surface area contributed by atoms with Crippen LogP contribution in [0.5, 0.6) is 0 Å². The summed E-state index contributed by atoms with van der Waals surface area (Å²) in [6.45, 7) is 6.14. The third kappa shape index (κ3) is 2.89. The highest BCUT2D eigenvalue weighted by Gasteiger charge is 2.15. The predicted octanol–water partition coefficient (Wildman–Crippen LogP) is 3.32. The molecule has 2 heterocycles. The van der Waals surface area contributed by atoms with Crippen molar-refractivity contribution in [2.45, 2.75) is 45.4 Å². The Morgan fingerprint density at radius 2 is 2.25 bits per heavy atom. The van der Waals surface area contributed by atoms with E-state index in [1.54, 1.807) is 0 Å². The lowest BCUT2D eigenvalue weighted by atomic mass is 10.1. The molecule has 3 heteroatoms. The quantitative estimate of drug-likeness (QED) is 0.873. The first-order valence-electron chi connectivity index (χ1n) is 7.77. The van der Waals surface area contributed by atoms with Crippen LogP contribution in [0.15, 0.2) is 30.5 Å². The third-order valence-electron chi connectivity index (χ3n) is 4.05. The molecule has 1 saturated heterocycles. The maximum atomic E-state index is 5.65. The standard InChI is InChI=1S/C17H24N2O/c1-2-9-19-13-14(16-7-3-4-8-17(16)19)11-18-12-15-6-5-10-20-15/h3-4,7-8,13,15,18H,2,5-6,9-12H2,1H3/t15-/m0/s1. The normalized spacial score (nSPS) is 18.9. The first kappa shape index (κ1) is 13.7. The van der Waals surface area contributed by atoms with E-state index in [1.165, 1.54) is 35.7 Å². The Morgan fingerprint density at radius 3 is 3.05 bits per heavy atom. The molecule has 1 fully saturated rings. The minimum absolute atomic E-state index is 0.416. The molecule has 1 atom stereocenters. The van der Waals surface area contributed by atoms with E-state index in [0.29, 0.717) is 6.10 Å². The van der Waals surface area contributed by atoms with E-state index in [0.717, 1.165) is 26.2 Å².